The van der Waals surface area contributed by atoms with Gasteiger partial charge in [-0.2, -0.15) is 4.31 Å². The Hall–Kier alpha value is -1.04. The van der Waals surface area contributed by atoms with Gasteiger partial charge in [-0.1, -0.05) is 6.92 Å². The molecule has 8 nitrogen and oxygen atoms in total. The van der Waals surface area contributed by atoms with Crippen molar-refractivity contribution < 1.29 is 26.3 Å². The number of benzene rings is 1. The van der Waals surface area contributed by atoms with Crippen LogP contribution in [0.1, 0.15) is 19.8 Å². The summed E-state index contributed by atoms with van der Waals surface area (Å²) in [6.45, 7) is 4.50. The third-order valence-corrected chi connectivity index (χ3v) is 8.25. The molecule has 0 radical (unpaired) electrons. The van der Waals surface area contributed by atoms with Gasteiger partial charge in [0.25, 0.3) is 0 Å². The van der Waals surface area contributed by atoms with Crippen LogP contribution in [0, 0.1) is 5.92 Å². The van der Waals surface area contributed by atoms with Crippen LogP contribution in [0.15, 0.2) is 34.1 Å². The quantitative estimate of drug-likeness (QED) is 0.733. The van der Waals surface area contributed by atoms with Gasteiger partial charge in [0.05, 0.1) is 35.7 Å². The van der Waals surface area contributed by atoms with Crippen LogP contribution in [0.2, 0.25) is 0 Å². The highest BCUT2D eigenvalue weighted by molar-refractivity contribution is 7.89. The van der Waals surface area contributed by atoms with E-state index < -0.39 is 20.0 Å². The molecule has 0 bridgehead atoms. The summed E-state index contributed by atoms with van der Waals surface area (Å²) in [6, 6.07) is 5.34. The van der Waals surface area contributed by atoms with Crippen molar-refractivity contribution in [3.8, 4) is 0 Å². The summed E-state index contributed by atoms with van der Waals surface area (Å²) in [6.07, 6.45) is 1.35. The molecule has 2 fully saturated rings. The van der Waals surface area contributed by atoms with E-state index >= 15 is 0 Å². The van der Waals surface area contributed by atoms with Crippen molar-refractivity contribution in [2.45, 2.75) is 35.7 Å². The number of hydrogen-bond acceptors (Lipinski definition) is 6. The minimum Gasteiger partial charge on any atom is -0.376 e. The van der Waals surface area contributed by atoms with Gasteiger partial charge in [-0.15, -0.1) is 0 Å². The minimum absolute atomic E-state index is 0.0189. The van der Waals surface area contributed by atoms with E-state index in [0.29, 0.717) is 38.8 Å². The smallest absolute Gasteiger partial charge is 0.243 e. The molecule has 2 aliphatic rings. The Bertz CT molecular complexity index is 825. The molecule has 27 heavy (non-hydrogen) atoms. The first-order valence-electron chi connectivity index (χ1n) is 9.08. The molecule has 3 rings (SSSR count). The first-order valence-corrected chi connectivity index (χ1v) is 12.0. The zero-order valence-electron chi connectivity index (χ0n) is 15.3. The van der Waals surface area contributed by atoms with Crippen molar-refractivity contribution in [2.24, 2.45) is 5.92 Å². The molecule has 0 saturated carbocycles. The highest BCUT2D eigenvalue weighted by atomic mass is 32.2. The summed E-state index contributed by atoms with van der Waals surface area (Å²) in [5, 5.41) is 0. The number of rotatable bonds is 6. The molecule has 0 amide bonds. The van der Waals surface area contributed by atoms with Crippen LogP contribution in [0.5, 0.6) is 0 Å². The molecule has 2 saturated heterocycles. The van der Waals surface area contributed by atoms with E-state index in [-0.39, 0.29) is 22.4 Å². The molecular formula is C17H26N2O6S2. The van der Waals surface area contributed by atoms with Crippen LogP contribution in [0.4, 0.5) is 0 Å². The van der Waals surface area contributed by atoms with Gasteiger partial charge in [0.2, 0.25) is 20.0 Å². The molecule has 0 aliphatic carbocycles. The monoisotopic (exact) mass is 418 g/mol. The fourth-order valence-corrected chi connectivity index (χ4v) is 5.64. The summed E-state index contributed by atoms with van der Waals surface area (Å²) >= 11 is 0. The predicted octanol–water partition coefficient (Wildman–Crippen LogP) is 0.801. The molecule has 2 heterocycles. The summed E-state index contributed by atoms with van der Waals surface area (Å²) in [7, 11) is -7.34. The van der Waals surface area contributed by atoms with Crippen LogP contribution in [-0.2, 0) is 29.5 Å². The summed E-state index contributed by atoms with van der Waals surface area (Å²) in [5.41, 5.74) is 0. The van der Waals surface area contributed by atoms with Gasteiger partial charge in [-0.3, -0.25) is 0 Å². The maximum absolute atomic E-state index is 12.7. The molecule has 1 atom stereocenters. The van der Waals surface area contributed by atoms with Gasteiger partial charge in [-0.25, -0.2) is 21.6 Å². The van der Waals surface area contributed by atoms with Gasteiger partial charge in [0, 0.05) is 19.6 Å². The van der Waals surface area contributed by atoms with Crippen molar-refractivity contribution in [1.29, 1.82) is 0 Å². The lowest BCUT2D eigenvalue weighted by atomic mass is 10.0. The van der Waals surface area contributed by atoms with Crippen LogP contribution >= 0.6 is 0 Å². The normalized spacial score (nSPS) is 23.4. The number of hydrogen-bond donors (Lipinski definition) is 1. The lowest BCUT2D eigenvalue weighted by Gasteiger charge is -2.29. The first kappa shape index (κ1) is 20.7. The number of ether oxygens (including phenoxy) is 2. The van der Waals surface area contributed by atoms with Crippen molar-refractivity contribution in [3.63, 3.8) is 0 Å². The largest absolute Gasteiger partial charge is 0.376 e. The molecule has 10 heteroatoms. The minimum atomic E-state index is -3.75. The molecule has 2 aliphatic heterocycles. The van der Waals surface area contributed by atoms with E-state index in [2.05, 4.69) is 11.6 Å². The topological polar surface area (TPSA) is 102 Å². The Labute approximate surface area is 160 Å². The Balaban J connectivity index is 1.66. The lowest BCUT2D eigenvalue weighted by Crippen LogP contribution is -2.39. The molecule has 1 aromatic carbocycles. The second-order valence-electron chi connectivity index (χ2n) is 6.98. The summed E-state index contributed by atoms with van der Waals surface area (Å²) in [5.74, 6) is 0.522. The Morgan fingerprint density at radius 2 is 1.67 bits per heavy atom. The molecule has 152 valence electrons. The number of piperidine rings is 1. The number of sulfonamides is 2. The molecule has 0 spiro atoms. The van der Waals surface area contributed by atoms with Crippen molar-refractivity contribution in [3.05, 3.63) is 24.3 Å². The fourth-order valence-electron chi connectivity index (χ4n) is 3.11. The van der Waals surface area contributed by atoms with Crippen molar-refractivity contribution in [1.82, 2.24) is 9.03 Å². The predicted molar refractivity (Wildman–Crippen MR) is 99.3 cm³/mol. The van der Waals surface area contributed by atoms with Gasteiger partial charge in [-0.05, 0) is 43.0 Å². The zero-order valence-corrected chi connectivity index (χ0v) is 17.0. The lowest BCUT2D eigenvalue weighted by molar-refractivity contribution is -0.0846. The Kier molecular flexibility index (Phi) is 6.54. The van der Waals surface area contributed by atoms with Crippen LogP contribution in [-0.4, -0.2) is 66.7 Å². The average molecular weight is 419 g/mol. The second-order valence-corrected chi connectivity index (χ2v) is 10.7. The van der Waals surface area contributed by atoms with Crippen LogP contribution in [0.25, 0.3) is 0 Å². The fraction of sp³-hybridized carbons (Fsp3) is 0.647. The maximum Gasteiger partial charge on any atom is 0.243 e. The van der Waals surface area contributed by atoms with Gasteiger partial charge in [0.15, 0.2) is 0 Å². The highest BCUT2D eigenvalue weighted by Gasteiger charge is 2.28. The van der Waals surface area contributed by atoms with E-state index in [9.17, 15) is 16.8 Å². The number of nitrogens with one attached hydrogen (secondary N) is 1. The van der Waals surface area contributed by atoms with Gasteiger partial charge >= 0.3 is 0 Å². The van der Waals surface area contributed by atoms with Gasteiger partial charge < -0.3 is 9.47 Å². The third kappa shape index (κ3) is 5.07. The van der Waals surface area contributed by atoms with E-state index in [0.717, 1.165) is 12.8 Å². The van der Waals surface area contributed by atoms with Crippen molar-refractivity contribution in [2.75, 3.05) is 39.5 Å². The molecular weight excluding hydrogens is 392 g/mol. The Morgan fingerprint density at radius 1 is 1.04 bits per heavy atom. The maximum atomic E-state index is 12.7. The molecule has 1 N–H and O–H groups in total. The standard InChI is InChI=1S/C17H26N2O6S2/c1-14-6-8-19(9-7-14)27(22,23)17-4-2-16(3-5-17)26(20,21)18-12-15-13-24-10-11-25-15/h2-5,14-15,18H,6-13H2,1H3/t15-/m0/s1. The van der Waals surface area contributed by atoms with Gasteiger partial charge in [0.1, 0.15) is 0 Å². The highest BCUT2D eigenvalue weighted by Crippen LogP contribution is 2.24. The Morgan fingerprint density at radius 3 is 2.26 bits per heavy atom. The van der Waals surface area contributed by atoms with Crippen LogP contribution in [0.3, 0.4) is 0 Å². The zero-order chi connectivity index (χ0) is 19.5. The molecule has 0 aromatic heterocycles. The third-order valence-electron chi connectivity index (χ3n) is 4.90. The number of nitrogens with zero attached hydrogens (tertiary/aromatic N) is 1. The van der Waals surface area contributed by atoms with E-state index in [1.165, 1.54) is 28.6 Å². The second kappa shape index (κ2) is 8.54. The van der Waals surface area contributed by atoms with Crippen LogP contribution < -0.4 is 4.72 Å². The average Bonchev–Trinajstić information content (AvgIpc) is 2.68. The molecule has 1 aromatic rings. The summed E-state index contributed by atoms with van der Waals surface area (Å²) in [4.78, 5) is 0.130. The van der Waals surface area contributed by atoms with E-state index in [4.69, 9.17) is 9.47 Å². The van der Waals surface area contributed by atoms with E-state index in [1.807, 2.05) is 0 Å². The van der Waals surface area contributed by atoms with Crippen molar-refractivity contribution >= 4 is 20.0 Å². The SMILES string of the molecule is CC1CCN(S(=O)(=O)c2ccc(S(=O)(=O)NC[C@H]3COCCO3)cc2)CC1. The van der Waals surface area contributed by atoms with E-state index in [1.54, 1.807) is 0 Å². The molecule has 0 unspecified atom stereocenters. The first-order chi connectivity index (χ1) is 12.8. The summed E-state index contributed by atoms with van der Waals surface area (Å²) < 4.78 is 64.8.